The number of hydrazine groups is 1. The number of nitrogens with one attached hydrogen (secondary N) is 1. The van der Waals surface area contributed by atoms with E-state index >= 15 is 0 Å². The molecule has 4 nitrogen and oxygen atoms in total. The van der Waals surface area contributed by atoms with Crippen molar-refractivity contribution in [1.29, 1.82) is 0 Å². The molecular formula is C7H4ClF3N2O2. The molecule has 1 aromatic rings. The topological polar surface area (TPSA) is 55.2 Å². The van der Waals surface area contributed by atoms with Crippen molar-refractivity contribution in [2.75, 3.05) is 5.43 Å². The minimum atomic E-state index is -4.56. The third kappa shape index (κ3) is 2.98. The Balaban J connectivity index is 3.11. The quantitative estimate of drug-likeness (QED) is 0.639. The van der Waals surface area contributed by atoms with Crippen molar-refractivity contribution in [3.63, 3.8) is 0 Å². The Hall–Kier alpha value is -1.50. The van der Waals surface area contributed by atoms with Gasteiger partial charge in [0.25, 0.3) is 0 Å². The fourth-order valence-electron chi connectivity index (χ4n) is 0.886. The van der Waals surface area contributed by atoms with Crippen molar-refractivity contribution in [3.05, 3.63) is 38.9 Å². The molecule has 0 atom stereocenters. The summed E-state index contributed by atoms with van der Waals surface area (Å²) in [6.07, 6.45) is -4.56. The van der Waals surface area contributed by atoms with Gasteiger partial charge >= 0.3 is 6.18 Å². The van der Waals surface area contributed by atoms with Crippen LogP contribution in [0.2, 0.25) is 5.02 Å². The third-order valence-electron chi connectivity index (χ3n) is 1.51. The third-order valence-corrected chi connectivity index (χ3v) is 1.84. The molecular weight excluding hydrogens is 237 g/mol. The minimum absolute atomic E-state index is 0.153. The zero-order valence-electron chi connectivity index (χ0n) is 7.01. The van der Waals surface area contributed by atoms with E-state index in [1.54, 1.807) is 5.43 Å². The number of benzene rings is 1. The van der Waals surface area contributed by atoms with E-state index in [0.717, 1.165) is 12.1 Å². The molecule has 0 aliphatic carbocycles. The van der Waals surface area contributed by atoms with Gasteiger partial charge in [-0.25, -0.2) is 10.1 Å². The first kappa shape index (κ1) is 11.6. The van der Waals surface area contributed by atoms with Gasteiger partial charge < -0.3 is 0 Å². The molecule has 0 saturated carbocycles. The monoisotopic (exact) mass is 240 g/mol. The molecule has 0 fully saturated rings. The lowest BCUT2D eigenvalue weighted by Crippen LogP contribution is -2.10. The van der Waals surface area contributed by atoms with Crippen molar-refractivity contribution in [2.45, 2.75) is 6.18 Å². The highest BCUT2D eigenvalue weighted by atomic mass is 35.5. The summed E-state index contributed by atoms with van der Waals surface area (Å²) in [5.74, 6) is 0. The van der Waals surface area contributed by atoms with Gasteiger partial charge in [0.15, 0.2) is 5.03 Å². The molecule has 0 unspecified atom stereocenters. The second kappa shape index (κ2) is 3.93. The normalized spacial score (nSPS) is 11.2. The Bertz CT molecular complexity index is 394. The standard InChI is InChI=1S/C7H4ClF3N2O2/c8-5-2-1-4(7(9,10)11)3-6(5)12-13(14)15/h1-3,12H. The number of halogens is 4. The number of rotatable bonds is 2. The lowest BCUT2D eigenvalue weighted by molar-refractivity contribution is -0.445. The van der Waals surface area contributed by atoms with Gasteiger partial charge in [-0.3, -0.25) is 0 Å². The molecule has 8 heteroatoms. The predicted molar refractivity (Wildman–Crippen MR) is 47.1 cm³/mol. The van der Waals surface area contributed by atoms with E-state index in [-0.39, 0.29) is 5.02 Å². The fourth-order valence-corrected chi connectivity index (χ4v) is 1.05. The van der Waals surface area contributed by atoms with Gasteiger partial charge in [0, 0.05) is 0 Å². The molecule has 0 aliphatic heterocycles. The maximum absolute atomic E-state index is 12.2. The summed E-state index contributed by atoms with van der Waals surface area (Å²) in [7, 11) is 0. The summed E-state index contributed by atoms with van der Waals surface area (Å²) in [6.45, 7) is 0. The van der Waals surface area contributed by atoms with Crippen molar-refractivity contribution >= 4 is 17.3 Å². The number of nitro groups is 1. The molecule has 1 N–H and O–H groups in total. The van der Waals surface area contributed by atoms with E-state index in [1.807, 2.05) is 0 Å². The molecule has 82 valence electrons. The van der Waals surface area contributed by atoms with Gasteiger partial charge in [-0.15, -0.1) is 5.43 Å². The minimum Gasteiger partial charge on any atom is -0.235 e. The lowest BCUT2D eigenvalue weighted by atomic mass is 10.2. The molecule has 1 rings (SSSR count). The van der Waals surface area contributed by atoms with Crippen LogP contribution in [0.5, 0.6) is 0 Å². The van der Waals surface area contributed by atoms with Crippen molar-refractivity contribution in [3.8, 4) is 0 Å². The molecule has 15 heavy (non-hydrogen) atoms. The van der Waals surface area contributed by atoms with Crippen LogP contribution in [0.25, 0.3) is 0 Å². The van der Waals surface area contributed by atoms with Gasteiger partial charge in [0.05, 0.1) is 10.6 Å². The maximum Gasteiger partial charge on any atom is 0.416 e. The maximum atomic E-state index is 12.2. The van der Waals surface area contributed by atoms with E-state index in [9.17, 15) is 23.3 Å². The Morgan fingerprint density at radius 3 is 2.47 bits per heavy atom. The molecule has 0 amide bonds. The van der Waals surface area contributed by atoms with E-state index in [1.165, 1.54) is 0 Å². The van der Waals surface area contributed by atoms with Gasteiger partial charge in [0.1, 0.15) is 5.69 Å². The summed E-state index contributed by atoms with van der Waals surface area (Å²) >= 11 is 5.46. The van der Waals surface area contributed by atoms with Gasteiger partial charge in [-0.05, 0) is 18.2 Å². The average Bonchev–Trinajstić information content (AvgIpc) is 2.06. The van der Waals surface area contributed by atoms with Crippen molar-refractivity contribution in [2.24, 2.45) is 0 Å². The fraction of sp³-hybridized carbons (Fsp3) is 0.143. The van der Waals surface area contributed by atoms with Gasteiger partial charge in [-0.2, -0.15) is 13.2 Å². The first-order valence-corrected chi connectivity index (χ1v) is 3.96. The molecule has 0 aromatic heterocycles. The summed E-state index contributed by atoms with van der Waals surface area (Å²) in [6, 6.07) is 2.26. The zero-order chi connectivity index (χ0) is 11.6. The number of hydrogen-bond donors (Lipinski definition) is 1. The largest absolute Gasteiger partial charge is 0.416 e. The summed E-state index contributed by atoms with van der Waals surface area (Å²) in [4.78, 5) is 10.0. The smallest absolute Gasteiger partial charge is 0.235 e. The predicted octanol–water partition coefficient (Wildman–Crippen LogP) is 2.96. The van der Waals surface area contributed by atoms with Crippen LogP contribution in [0, 0.1) is 10.1 Å². The summed E-state index contributed by atoms with van der Waals surface area (Å²) in [5.41, 5.74) is 0.180. The van der Waals surface area contributed by atoms with Crippen LogP contribution in [-0.4, -0.2) is 5.03 Å². The molecule has 0 bridgehead atoms. The second-order valence-corrected chi connectivity index (χ2v) is 2.97. The van der Waals surface area contributed by atoms with Crippen LogP contribution in [-0.2, 0) is 6.18 Å². The van der Waals surface area contributed by atoms with Crippen molar-refractivity contribution in [1.82, 2.24) is 0 Å². The van der Waals surface area contributed by atoms with Gasteiger partial charge in [0.2, 0.25) is 0 Å². The Labute approximate surface area is 86.8 Å². The molecule has 0 heterocycles. The molecule has 0 saturated heterocycles. The zero-order valence-corrected chi connectivity index (χ0v) is 7.76. The Kier molecular flexibility index (Phi) is 3.04. The van der Waals surface area contributed by atoms with E-state index in [2.05, 4.69) is 0 Å². The lowest BCUT2D eigenvalue weighted by Gasteiger charge is -2.08. The summed E-state index contributed by atoms with van der Waals surface area (Å²) < 4.78 is 36.6. The first-order chi connectivity index (χ1) is 6.80. The molecule has 0 aliphatic rings. The highest BCUT2D eigenvalue weighted by Gasteiger charge is 2.31. The Morgan fingerprint density at radius 2 is 2.00 bits per heavy atom. The number of anilines is 1. The van der Waals surface area contributed by atoms with Crippen LogP contribution >= 0.6 is 11.6 Å². The Morgan fingerprint density at radius 1 is 1.40 bits per heavy atom. The van der Waals surface area contributed by atoms with Crippen LogP contribution in [0.1, 0.15) is 5.56 Å². The number of nitrogens with zero attached hydrogens (tertiary/aromatic N) is 1. The van der Waals surface area contributed by atoms with Crippen molar-refractivity contribution < 1.29 is 18.2 Å². The van der Waals surface area contributed by atoms with Crippen LogP contribution in [0.4, 0.5) is 18.9 Å². The first-order valence-electron chi connectivity index (χ1n) is 3.58. The SMILES string of the molecule is O=[N+]([O-])Nc1cc(C(F)(F)F)ccc1Cl. The van der Waals surface area contributed by atoms with Crippen LogP contribution < -0.4 is 5.43 Å². The van der Waals surface area contributed by atoms with Crippen LogP contribution in [0.15, 0.2) is 18.2 Å². The highest BCUT2D eigenvalue weighted by molar-refractivity contribution is 6.33. The second-order valence-electron chi connectivity index (χ2n) is 2.56. The number of hydrogen-bond acceptors (Lipinski definition) is 2. The molecule has 0 spiro atoms. The summed E-state index contributed by atoms with van der Waals surface area (Å²) in [5, 5.41) is 8.90. The van der Waals surface area contributed by atoms with E-state index in [4.69, 9.17) is 11.6 Å². The average molecular weight is 241 g/mol. The molecule has 1 aromatic carbocycles. The van der Waals surface area contributed by atoms with Gasteiger partial charge in [-0.1, -0.05) is 11.6 Å². The highest BCUT2D eigenvalue weighted by Crippen LogP contribution is 2.33. The van der Waals surface area contributed by atoms with E-state index < -0.39 is 22.5 Å². The van der Waals surface area contributed by atoms with E-state index in [0.29, 0.717) is 6.07 Å². The van der Waals surface area contributed by atoms with Crippen LogP contribution in [0.3, 0.4) is 0 Å². The number of alkyl halides is 3. The molecule has 0 radical (unpaired) electrons.